The van der Waals surface area contributed by atoms with Gasteiger partial charge >= 0.3 is 0 Å². The van der Waals surface area contributed by atoms with E-state index in [1.54, 1.807) is 14.0 Å². The number of hydrogen-bond acceptors (Lipinski definition) is 5. The van der Waals surface area contributed by atoms with Crippen molar-refractivity contribution in [2.24, 2.45) is 0 Å². The van der Waals surface area contributed by atoms with E-state index in [0.29, 0.717) is 21.5 Å². The van der Waals surface area contributed by atoms with Crippen molar-refractivity contribution < 1.29 is 8.42 Å². The van der Waals surface area contributed by atoms with E-state index in [1.165, 1.54) is 11.3 Å². The number of hydrogen-bond donors (Lipinski definition) is 1. The molecule has 6 heteroatoms. The minimum Gasteiger partial charge on any atom is -0.365 e. The van der Waals surface area contributed by atoms with E-state index in [-0.39, 0.29) is 5.75 Å². The Labute approximate surface area is 88.3 Å². The zero-order valence-electron chi connectivity index (χ0n) is 8.49. The molecule has 1 aromatic heterocycles. The second-order valence-electron chi connectivity index (χ2n) is 2.96. The third-order valence-electron chi connectivity index (χ3n) is 1.72. The number of aromatic nitrogens is 1. The molecule has 0 aliphatic carbocycles. The van der Waals surface area contributed by atoms with Crippen LogP contribution in [0.1, 0.15) is 19.0 Å². The standard InChI is InChI=1S/C8H14N2O2S2/c1-4-5-14(11,12)7-6(2)10-8(9-3)13-7/h4-5H2,1-3H3,(H,9,10). The molecule has 1 rings (SSSR count). The third kappa shape index (κ3) is 2.24. The predicted octanol–water partition coefficient (Wildman–Crippen LogP) is 1.68. The fourth-order valence-electron chi connectivity index (χ4n) is 1.14. The van der Waals surface area contributed by atoms with E-state index in [2.05, 4.69) is 10.3 Å². The highest BCUT2D eigenvalue weighted by atomic mass is 32.2. The molecular weight excluding hydrogens is 220 g/mol. The van der Waals surface area contributed by atoms with Crippen LogP contribution < -0.4 is 5.32 Å². The van der Waals surface area contributed by atoms with Gasteiger partial charge in [-0.1, -0.05) is 18.3 Å². The maximum atomic E-state index is 11.7. The van der Waals surface area contributed by atoms with E-state index < -0.39 is 9.84 Å². The molecule has 4 nitrogen and oxygen atoms in total. The molecule has 14 heavy (non-hydrogen) atoms. The first-order chi connectivity index (χ1) is 6.51. The molecule has 80 valence electrons. The topological polar surface area (TPSA) is 59.1 Å². The normalized spacial score (nSPS) is 11.6. The summed E-state index contributed by atoms with van der Waals surface area (Å²) in [6.07, 6.45) is 0.633. The van der Waals surface area contributed by atoms with Gasteiger partial charge in [-0.2, -0.15) is 0 Å². The minimum absolute atomic E-state index is 0.194. The number of nitrogens with one attached hydrogen (secondary N) is 1. The quantitative estimate of drug-likeness (QED) is 0.861. The van der Waals surface area contributed by atoms with Gasteiger partial charge in [-0.05, 0) is 13.3 Å². The average molecular weight is 234 g/mol. The van der Waals surface area contributed by atoms with Crippen molar-refractivity contribution in [2.75, 3.05) is 18.1 Å². The average Bonchev–Trinajstić information content (AvgIpc) is 2.47. The molecule has 1 heterocycles. The second kappa shape index (κ2) is 4.27. The van der Waals surface area contributed by atoms with Crippen molar-refractivity contribution >= 4 is 26.3 Å². The Bertz CT molecular complexity index is 409. The van der Waals surface area contributed by atoms with Crippen LogP contribution in [0, 0.1) is 6.92 Å². The van der Waals surface area contributed by atoms with Gasteiger partial charge in [-0.15, -0.1) is 0 Å². The Hall–Kier alpha value is -0.620. The van der Waals surface area contributed by atoms with Crippen LogP contribution in [0.4, 0.5) is 5.13 Å². The molecule has 0 fully saturated rings. The van der Waals surface area contributed by atoms with Crippen LogP contribution in [-0.2, 0) is 9.84 Å². The Morgan fingerprint density at radius 2 is 2.14 bits per heavy atom. The molecule has 0 aliphatic heterocycles. The van der Waals surface area contributed by atoms with Crippen LogP contribution in [0.3, 0.4) is 0 Å². The van der Waals surface area contributed by atoms with Crippen molar-refractivity contribution in [3.63, 3.8) is 0 Å². The van der Waals surface area contributed by atoms with Crippen LogP contribution >= 0.6 is 11.3 Å². The highest BCUT2D eigenvalue weighted by molar-refractivity contribution is 7.93. The first-order valence-corrected chi connectivity index (χ1v) is 6.86. The SMILES string of the molecule is CCCS(=O)(=O)c1sc(NC)nc1C. The molecule has 0 aliphatic rings. The van der Waals surface area contributed by atoms with E-state index in [0.717, 1.165) is 0 Å². The molecule has 0 amide bonds. The predicted molar refractivity (Wildman–Crippen MR) is 58.7 cm³/mol. The molecule has 0 saturated carbocycles. The number of aryl methyl sites for hydroxylation is 1. The number of sulfone groups is 1. The van der Waals surface area contributed by atoms with Crippen LogP contribution in [0.2, 0.25) is 0 Å². The fraction of sp³-hybridized carbons (Fsp3) is 0.625. The maximum absolute atomic E-state index is 11.7. The number of anilines is 1. The van der Waals surface area contributed by atoms with Crippen molar-refractivity contribution in [1.29, 1.82) is 0 Å². The van der Waals surface area contributed by atoms with E-state index >= 15 is 0 Å². The summed E-state index contributed by atoms with van der Waals surface area (Å²) in [4.78, 5) is 4.11. The molecule has 0 saturated heterocycles. The molecule has 0 unspecified atom stereocenters. The summed E-state index contributed by atoms with van der Waals surface area (Å²) >= 11 is 1.20. The molecule has 1 aromatic rings. The van der Waals surface area contributed by atoms with Gasteiger partial charge in [0.05, 0.1) is 11.4 Å². The highest BCUT2D eigenvalue weighted by Gasteiger charge is 2.20. The molecule has 0 aromatic carbocycles. The van der Waals surface area contributed by atoms with Crippen LogP contribution in [0.15, 0.2) is 4.21 Å². The first-order valence-electron chi connectivity index (χ1n) is 4.39. The lowest BCUT2D eigenvalue weighted by atomic mass is 10.6. The Morgan fingerprint density at radius 3 is 2.57 bits per heavy atom. The molecule has 0 radical (unpaired) electrons. The summed E-state index contributed by atoms with van der Waals surface area (Å²) in [6, 6.07) is 0. The minimum atomic E-state index is -3.11. The van der Waals surface area contributed by atoms with E-state index in [9.17, 15) is 8.42 Å². The number of nitrogens with zero attached hydrogens (tertiary/aromatic N) is 1. The molecule has 0 spiro atoms. The lowest BCUT2D eigenvalue weighted by Crippen LogP contribution is -2.05. The lowest BCUT2D eigenvalue weighted by Gasteiger charge is -1.98. The van der Waals surface area contributed by atoms with Crippen molar-refractivity contribution in [1.82, 2.24) is 4.98 Å². The summed E-state index contributed by atoms with van der Waals surface area (Å²) in [7, 11) is -1.38. The van der Waals surface area contributed by atoms with Gasteiger partial charge in [0.15, 0.2) is 15.0 Å². The van der Waals surface area contributed by atoms with Gasteiger partial charge in [-0.3, -0.25) is 0 Å². The number of thiazole rings is 1. The van der Waals surface area contributed by atoms with Gasteiger partial charge in [-0.25, -0.2) is 13.4 Å². The second-order valence-corrected chi connectivity index (χ2v) is 6.26. The largest absolute Gasteiger partial charge is 0.365 e. The van der Waals surface area contributed by atoms with Crippen LogP contribution in [0.5, 0.6) is 0 Å². The summed E-state index contributed by atoms with van der Waals surface area (Å²) in [5.41, 5.74) is 0.591. The molecule has 1 N–H and O–H groups in total. The summed E-state index contributed by atoms with van der Waals surface area (Å²) in [6.45, 7) is 3.58. The highest BCUT2D eigenvalue weighted by Crippen LogP contribution is 2.27. The Kier molecular flexibility index (Phi) is 3.49. The fourth-order valence-corrected chi connectivity index (χ4v) is 4.01. The van der Waals surface area contributed by atoms with E-state index in [1.807, 2.05) is 6.92 Å². The lowest BCUT2D eigenvalue weighted by molar-refractivity contribution is 0.596. The van der Waals surface area contributed by atoms with Crippen molar-refractivity contribution in [3.8, 4) is 0 Å². The summed E-state index contributed by atoms with van der Waals surface area (Å²) < 4.78 is 23.8. The van der Waals surface area contributed by atoms with Crippen LogP contribution in [-0.4, -0.2) is 26.2 Å². The Balaban J connectivity index is 3.12. The molecule has 0 atom stereocenters. The van der Waals surface area contributed by atoms with Gasteiger partial charge in [0.2, 0.25) is 0 Å². The zero-order valence-corrected chi connectivity index (χ0v) is 10.1. The van der Waals surface area contributed by atoms with Gasteiger partial charge in [0.25, 0.3) is 0 Å². The summed E-state index contributed by atoms with van der Waals surface area (Å²) in [5, 5.41) is 3.50. The monoisotopic (exact) mass is 234 g/mol. The summed E-state index contributed by atoms with van der Waals surface area (Å²) in [5.74, 6) is 0.194. The van der Waals surface area contributed by atoms with Gasteiger partial charge < -0.3 is 5.32 Å². The van der Waals surface area contributed by atoms with E-state index in [4.69, 9.17) is 0 Å². The van der Waals surface area contributed by atoms with Crippen molar-refractivity contribution in [3.05, 3.63) is 5.69 Å². The van der Waals surface area contributed by atoms with Gasteiger partial charge in [0.1, 0.15) is 4.21 Å². The third-order valence-corrected chi connectivity index (χ3v) is 5.51. The maximum Gasteiger partial charge on any atom is 0.189 e. The van der Waals surface area contributed by atoms with Crippen molar-refractivity contribution in [2.45, 2.75) is 24.5 Å². The van der Waals surface area contributed by atoms with Gasteiger partial charge in [0, 0.05) is 7.05 Å². The first kappa shape index (κ1) is 11.5. The number of rotatable bonds is 4. The Morgan fingerprint density at radius 1 is 1.50 bits per heavy atom. The zero-order chi connectivity index (χ0) is 10.8. The smallest absolute Gasteiger partial charge is 0.189 e. The molecule has 0 bridgehead atoms. The molecular formula is C8H14N2O2S2. The van der Waals surface area contributed by atoms with Crippen LogP contribution in [0.25, 0.3) is 0 Å².